The van der Waals surface area contributed by atoms with Gasteiger partial charge in [-0.05, 0) is 26.0 Å². The van der Waals surface area contributed by atoms with Crippen LogP contribution in [0.3, 0.4) is 0 Å². The zero-order valence-electron chi connectivity index (χ0n) is 15.3. The fourth-order valence-electron chi connectivity index (χ4n) is 2.60. The number of amidine groups is 1. The maximum atomic E-state index is 14.4. The lowest BCUT2D eigenvalue weighted by Crippen LogP contribution is -2.60. The van der Waals surface area contributed by atoms with Gasteiger partial charge in [-0.15, -0.1) is 0 Å². The fraction of sp³-hybridized carbons (Fsp3) is 0.353. The molecule has 2 aromatic rings. The molecule has 12 heteroatoms. The summed E-state index contributed by atoms with van der Waals surface area (Å²) in [5.74, 6) is -2.41. The number of nitrogens with two attached hydrogens (primary N) is 1. The van der Waals surface area contributed by atoms with Crippen LogP contribution >= 0.6 is 0 Å². The molecule has 0 unspecified atom stereocenters. The lowest BCUT2D eigenvalue weighted by Gasteiger charge is -2.40. The summed E-state index contributed by atoms with van der Waals surface area (Å²) in [7, 11) is 0. The van der Waals surface area contributed by atoms with E-state index in [2.05, 4.69) is 25.3 Å². The Balaban J connectivity index is 1.93. The molecule has 3 rings (SSSR count). The summed E-state index contributed by atoms with van der Waals surface area (Å²) in [4.78, 5) is 27.6. The number of carbonyl (C=O) groups is 1. The molecule has 29 heavy (non-hydrogen) atoms. The van der Waals surface area contributed by atoms with E-state index in [0.717, 1.165) is 13.0 Å². The Hall–Kier alpha value is -3.15. The second kappa shape index (κ2) is 7.03. The van der Waals surface area contributed by atoms with Crippen molar-refractivity contribution >= 4 is 17.6 Å². The van der Waals surface area contributed by atoms with Crippen LogP contribution in [0.5, 0.6) is 0 Å². The van der Waals surface area contributed by atoms with Crippen molar-refractivity contribution < 1.29 is 27.1 Å². The van der Waals surface area contributed by atoms with Gasteiger partial charge < -0.3 is 15.8 Å². The molecule has 2 atom stereocenters. The molecule has 3 N–H and O–H groups in total. The SMILES string of the molecule is C[C@@]1(c2nc(NC(=O)c3cnccn3)ccc2F)CO[C@@](C)(C(F)(F)F)C(N)=N1. The number of amides is 1. The quantitative estimate of drug-likeness (QED) is 0.747. The molecule has 1 aliphatic heterocycles. The Labute approximate surface area is 162 Å². The van der Waals surface area contributed by atoms with Crippen molar-refractivity contribution in [3.63, 3.8) is 0 Å². The number of pyridine rings is 1. The number of ether oxygens (including phenoxy) is 1. The maximum Gasteiger partial charge on any atom is 0.424 e. The fourth-order valence-corrected chi connectivity index (χ4v) is 2.60. The van der Waals surface area contributed by atoms with Crippen molar-refractivity contribution in [1.82, 2.24) is 15.0 Å². The molecule has 154 valence electrons. The first-order chi connectivity index (χ1) is 13.5. The molecule has 1 aliphatic rings. The van der Waals surface area contributed by atoms with E-state index < -0.39 is 41.5 Å². The van der Waals surface area contributed by atoms with E-state index in [0.29, 0.717) is 0 Å². The van der Waals surface area contributed by atoms with Gasteiger partial charge in [-0.1, -0.05) is 0 Å². The summed E-state index contributed by atoms with van der Waals surface area (Å²) in [5.41, 5.74) is 0.768. The molecule has 0 saturated carbocycles. The highest BCUT2D eigenvalue weighted by molar-refractivity contribution is 6.02. The zero-order valence-corrected chi connectivity index (χ0v) is 15.3. The van der Waals surface area contributed by atoms with Gasteiger partial charge in [0, 0.05) is 12.4 Å². The number of aromatic nitrogens is 3. The van der Waals surface area contributed by atoms with Crippen LogP contribution in [-0.2, 0) is 10.3 Å². The molecular formula is C17H16F4N6O2. The van der Waals surface area contributed by atoms with E-state index in [9.17, 15) is 22.4 Å². The molecular weight excluding hydrogens is 396 g/mol. The zero-order chi connectivity index (χ0) is 21.4. The topological polar surface area (TPSA) is 115 Å². The number of rotatable bonds is 3. The van der Waals surface area contributed by atoms with Gasteiger partial charge >= 0.3 is 6.18 Å². The Kier molecular flexibility index (Phi) is 4.99. The molecule has 0 saturated heterocycles. The summed E-state index contributed by atoms with van der Waals surface area (Å²) in [6.45, 7) is 1.44. The molecule has 0 aliphatic carbocycles. The van der Waals surface area contributed by atoms with E-state index in [4.69, 9.17) is 10.5 Å². The highest BCUT2D eigenvalue weighted by Crippen LogP contribution is 2.40. The van der Waals surface area contributed by atoms with Crippen LogP contribution in [0.4, 0.5) is 23.4 Å². The van der Waals surface area contributed by atoms with Gasteiger partial charge in [0.25, 0.3) is 5.91 Å². The molecule has 8 nitrogen and oxygen atoms in total. The van der Waals surface area contributed by atoms with Gasteiger partial charge in [0.1, 0.15) is 34.4 Å². The third-order valence-corrected chi connectivity index (χ3v) is 4.43. The minimum Gasteiger partial charge on any atom is -0.385 e. The molecule has 0 bridgehead atoms. The standard InChI is InChI=1S/C17H16F4N6O2/c1-15(8-29-16(2,14(22)27-15)17(19,20)21)12-9(18)3-4-11(25-12)26-13(28)10-7-23-5-6-24-10/h3-7H,8H2,1-2H3,(H2,22,27)(H,25,26,28)/t15-,16+/m0/s1. The first-order valence-corrected chi connectivity index (χ1v) is 8.27. The van der Waals surface area contributed by atoms with Gasteiger partial charge in [0.15, 0.2) is 0 Å². The van der Waals surface area contributed by atoms with E-state index in [1.165, 1.54) is 31.6 Å². The average molecular weight is 412 g/mol. The summed E-state index contributed by atoms with van der Waals surface area (Å²) in [5, 5.41) is 2.41. The van der Waals surface area contributed by atoms with Crippen LogP contribution in [0.15, 0.2) is 35.7 Å². The average Bonchev–Trinajstić information content (AvgIpc) is 2.66. The predicted molar refractivity (Wildman–Crippen MR) is 93.6 cm³/mol. The highest BCUT2D eigenvalue weighted by Gasteiger charge is 2.59. The smallest absolute Gasteiger partial charge is 0.385 e. The second-order valence-corrected chi connectivity index (χ2v) is 6.66. The highest BCUT2D eigenvalue weighted by atomic mass is 19.4. The van der Waals surface area contributed by atoms with Gasteiger partial charge in [-0.25, -0.2) is 14.4 Å². The van der Waals surface area contributed by atoms with Gasteiger partial charge in [-0.3, -0.25) is 14.8 Å². The van der Waals surface area contributed by atoms with Crippen molar-refractivity contribution in [3.8, 4) is 0 Å². The third kappa shape index (κ3) is 3.75. The number of anilines is 1. The van der Waals surface area contributed by atoms with Crippen LogP contribution in [0.2, 0.25) is 0 Å². The monoisotopic (exact) mass is 412 g/mol. The Morgan fingerprint density at radius 1 is 1.28 bits per heavy atom. The van der Waals surface area contributed by atoms with Gasteiger partial charge in [0.2, 0.25) is 5.60 Å². The van der Waals surface area contributed by atoms with Gasteiger partial charge in [0.05, 0.1) is 12.8 Å². The minimum atomic E-state index is -4.81. The number of hydrogen-bond donors (Lipinski definition) is 2. The normalized spacial score (nSPS) is 24.7. The second-order valence-electron chi connectivity index (χ2n) is 6.66. The summed E-state index contributed by atoms with van der Waals surface area (Å²) >= 11 is 0. The van der Waals surface area contributed by atoms with E-state index in [1.807, 2.05) is 0 Å². The molecule has 2 aromatic heterocycles. The Bertz CT molecular complexity index is 968. The van der Waals surface area contributed by atoms with Crippen molar-refractivity contribution in [1.29, 1.82) is 0 Å². The maximum absolute atomic E-state index is 14.4. The molecule has 0 fully saturated rings. The molecule has 0 radical (unpaired) electrons. The number of halogens is 4. The third-order valence-electron chi connectivity index (χ3n) is 4.43. The summed E-state index contributed by atoms with van der Waals surface area (Å²) in [6.07, 6.45) is -0.889. The first-order valence-electron chi connectivity index (χ1n) is 8.27. The van der Waals surface area contributed by atoms with E-state index in [-0.39, 0.29) is 17.2 Å². The minimum absolute atomic E-state index is 0.00408. The Morgan fingerprint density at radius 3 is 2.59 bits per heavy atom. The Morgan fingerprint density at radius 2 is 2.00 bits per heavy atom. The number of aliphatic imine (C=N–C) groups is 1. The predicted octanol–water partition coefficient (Wildman–Crippen LogP) is 2.19. The molecule has 0 aromatic carbocycles. The number of nitrogens with zero attached hydrogens (tertiary/aromatic N) is 4. The molecule has 0 spiro atoms. The van der Waals surface area contributed by atoms with Crippen LogP contribution in [0.25, 0.3) is 0 Å². The molecule has 1 amide bonds. The summed E-state index contributed by atoms with van der Waals surface area (Å²) < 4.78 is 59.1. The summed E-state index contributed by atoms with van der Waals surface area (Å²) in [6, 6.07) is 2.19. The van der Waals surface area contributed by atoms with Crippen LogP contribution in [0, 0.1) is 5.82 Å². The van der Waals surface area contributed by atoms with E-state index in [1.54, 1.807) is 0 Å². The first kappa shape index (κ1) is 20.6. The number of alkyl halides is 3. The van der Waals surface area contributed by atoms with Gasteiger partial charge in [-0.2, -0.15) is 13.2 Å². The lowest BCUT2D eigenvalue weighted by atomic mass is 9.93. The van der Waals surface area contributed by atoms with E-state index >= 15 is 0 Å². The van der Waals surface area contributed by atoms with Crippen LogP contribution < -0.4 is 11.1 Å². The number of carbonyl (C=O) groups excluding carboxylic acids is 1. The van der Waals surface area contributed by atoms with Crippen molar-refractivity contribution in [3.05, 3.63) is 47.9 Å². The van der Waals surface area contributed by atoms with Crippen molar-refractivity contribution in [2.24, 2.45) is 10.7 Å². The van der Waals surface area contributed by atoms with Crippen LogP contribution in [-0.4, -0.2) is 45.1 Å². The van der Waals surface area contributed by atoms with Crippen molar-refractivity contribution in [2.75, 3.05) is 11.9 Å². The van der Waals surface area contributed by atoms with Crippen LogP contribution in [0.1, 0.15) is 30.0 Å². The molecule has 3 heterocycles. The largest absolute Gasteiger partial charge is 0.424 e. The number of hydrogen-bond acceptors (Lipinski definition) is 7. The number of nitrogens with one attached hydrogen (secondary N) is 1. The van der Waals surface area contributed by atoms with Crippen molar-refractivity contribution in [2.45, 2.75) is 31.2 Å². The lowest BCUT2D eigenvalue weighted by molar-refractivity contribution is -0.249.